The van der Waals surface area contributed by atoms with Gasteiger partial charge in [0.05, 0.1) is 11.2 Å². The zero-order valence-corrected chi connectivity index (χ0v) is 16.5. The van der Waals surface area contributed by atoms with Crippen LogP contribution in [0.2, 0.25) is 10.0 Å². The topological polar surface area (TPSA) is 56.1 Å². The van der Waals surface area contributed by atoms with Crippen LogP contribution in [-0.4, -0.2) is 15.7 Å². The van der Waals surface area contributed by atoms with Crippen molar-refractivity contribution in [2.75, 3.05) is 0 Å². The molecule has 7 heteroatoms. The molecule has 1 heterocycles. The molecular formula is C20H19Cl2N3O2. The molecule has 0 radical (unpaired) electrons. The molecule has 1 amide bonds. The lowest BCUT2D eigenvalue weighted by molar-refractivity contribution is 0.0951. The molecule has 0 spiro atoms. The van der Waals surface area contributed by atoms with Crippen molar-refractivity contribution in [1.29, 1.82) is 0 Å². The summed E-state index contributed by atoms with van der Waals surface area (Å²) in [5.41, 5.74) is 3.55. The lowest BCUT2D eigenvalue weighted by Gasteiger charge is -2.09. The van der Waals surface area contributed by atoms with Gasteiger partial charge in [-0.05, 0) is 42.8 Å². The van der Waals surface area contributed by atoms with Gasteiger partial charge in [-0.3, -0.25) is 9.48 Å². The van der Waals surface area contributed by atoms with Crippen molar-refractivity contribution < 1.29 is 9.53 Å². The Labute approximate surface area is 167 Å². The molecule has 1 aromatic heterocycles. The van der Waals surface area contributed by atoms with E-state index in [1.54, 1.807) is 41.2 Å². The molecule has 27 heavy (non-hydrogen) atoms. The zero-order chi connectivity index (χ0) is 19.4. The van der Waals surface area contributed by atoms with Crippen molar-refractivity contribution >= 4 is 29.1 Å². The Kier molecular flexibility index (Phi) is 6.04. The van der Waals surface area contributed by atoms with Crippen LogP contribution >= 0.6 is 23.2 Å². The van der Waals surface area contributed by atoms with Crippen molar-refractivity contribution in [2.45, 2.75) is 20.1 Å². The van der Waals surface area contributed by atoms with Gasteiger partial charge in [-0.25, -0.2) is 0 Å². The molecule has 0 unspecified atom stereocenters. The predicted octanol–water partition coefficient (Wildman–Crippen LogP) is 4.54. The number of carbonyl (C=O) groups excluding carboxylic acids is 1. The molecule has 0 bridgehead atoms. The van der Waals surface area contributed by atoms with Crippen LogP contribution in [0, 0.1) is 6.92 Å². The molecule has 0 aliphatic heterocycles. The number of nitrogens with zero attached hydrogens (tertiary/aromatic N) is 2. The SMILES string of the molecule is Cc1c(CNC(=O)c2ccc(COc3ccc(Cl)cc3Cl)cc2)cnn1C. The Morgan fingerprint density at radius 2 is 1.93 bits per heavy atom. The summed E-state index contributed by atoms with van der Waals surface area (Å²) in [5.74, 6) is 0.432. The fourth-order valence-corrected chi connectivity index (χ4v) is 2.96. The summed E-state index contributed by atoms with van der Waals surface area (Å²) in [7, 11) is 1.87. The third kappa shape index (κ3) is 4.81. The lowest BCUT2D eigenvalue weighted by atomic mass is 10.1. The highest BCUT2D eigenvalue weighted by Crippen LogP contribution is 2.28. The van der Waals surface area contributed by atoms with E-state index < -0.39 is 0 Å². The monoisotopic (exact) mass is 403 g/mol. The number of hydrogen-bond donors (Lipinski definition) is 1. The van der Waals surface area contributed by atoms with E-state index in [0.29, 0.717) is 34.5 Å². The van der Waals surface area contributed by atoms with E-state index in [0.717, 1.165) is 16.8 Å². The highest BCUT2D eigenvalue weighted by Gasteiger charge is 2.09. The average Bonchev–Trinajstić information content (AvgIpc) is 2.98. The standard InChI is InChI=1S/C20H19Cl2N3O2/c1-13-16(11-24-25(13)2)10-23-20(26)15-5-3-14(4-6-15)12-27-19-8-7-17(21)9-18(19)22/h3-9,11H,10,12H2,1-2H3,(H,23,26). The Balaban J connectivity index is 1.56. The van der Waals surface area contributed by atoms with E-state index in [9.17, 15) is 4.79 Å². The van der Waals surface area contributed by atoms with Gasteiger partial charge in [-0.2, -0.15) is 5.10 Å². The van der Waals surface area contributed by atoms with Gasteiger partial charge in [0.15, 0.2) is 0 Å². The second-order valence-corrected chi connectivity index (χ2v) is 6.97. The van der Waals surface area contributed by atoms with Crippen molar-refractivity contribution in [1.82, 2.24) is 15.1 Å². The van der Waals surface area contributed by atoms with Crippen LogP contribution < -0.4 is 10.1 Å². The molecule has 0 saturated carbocycles. The van der Waals surface area contributed by atoms with Gasteiger partial charge in [-0.15, -0.1) is 0 Å². The molecule has 0 aliphatic rings. The molecule has 0 fully saturated rings. The number of hydrogen-bond acceptors (Lipinski definition) is 3. The zero-order valence-electron chi connectivity index (χ0n) is 15.0. The van der Waals surface area contributed by atoms with Gasteiger partial charge in [0.1, 0.15) is 12.4 Å². The van der Waals surface area contributed by atoms with E-state index >= 15 is 0 Å². The third-order valence-corrected chi connectivity index (χ3v) is 4.81. The van der Waals surface area contributed by atoms with Crippen LogP contribution in [0.15, 0.2) is 48.7 Å². The Hall–Kier alpha value is -2.50. The van der Waals surface area contributed by atoms with E-state index in [1.165, 1.54) is 0 Å². The summed E-state index contributed by atoms with van der Waals surface area (Å²) < 4.78 is 7.48. The predicted molar refractivity (Wildman–Crippen MR) is 106 cm³/mol. The van der Waals surface area contributed by atoms with Gasteiger partial charge in [0.2, 0.25) is 0 Å². The van der Waals surface area contributed by atoms with Crippen molar-refractivity contribution in [3.63, 3.8) is 0 Å². The van der Waals surface area contributed by atoms with Crippen molar-refractivity contribution in [3.8, 4) is 5.75 Å². The van der Waals surface area contributed by atoms with Gasteiger partial charge in [0, 0.05) is 35.4 Å². The summed E-state index contributed by atoms with van der Waals surface area (Å²) in [6.45, 7) is 2.76. The maximum Gasteiger partial charge on any atom is 0.251 e. The van der Waals surface area contributed by atoms with Crippen LogP contribution in [0.1, 0.15) is 27.2 Å². The first-order valence-corrected chi connectivity index (χ1v) is 9.12. The quantitative estimate of drug-likeness (QED) is 0.656. The minimum absolute atomic E-state index is 0.133. The van der Waals surface area contributed by atoms with Crippen LogP contribution in [0.5, 0.6) is 5.75 Å². The lowest BCUT2D eigenvalue weighted by Crippen LogP contribution is -2.23. The van der Waals surface area contributed by atoms with Crippen LogP contribution in [0.4, 0.5) is 0 Å². The van der Waals surface area contributed by atoms with E-state index in [1.807, 2.05) is 26.1 Å². The van der Waals surface area contributed by atoms with Crippen molar-refractivity contribution in [3.05, 3.63) is 81.1 Å². The first-order valence-electron chi connectivity index (χ1n) is 8.36. The minimum atomic E-state index is -0.133. The Morgan fingerprint density at radius 1 is 1.19 bits per heavy atom. The van der Waals surface area contributed by atoms with Gasteiger partial charge in [-0.1, -0.05) is 35.3 Å². The van der Waals surface area contributed by atoms with E-state index in [4.69, 9.17) is 27.9 Å². The number of ether oxygens (including phenoxy) is 1. The number of amides is 1. The number of aryl methyl sites for hydroxylation is 1. The summed E-state index contributed by atoms with van der Waals surface area (Å²) in [5, 5.41) is 8.10. The second kappa shape index (κ2) is 8.46. The average molecular weight is 404 g/mol. The summed E-state index contributed by atoms with van der Waals surface area (Å²) in [4.78, 5) is 12.3. The molecule has 5 nitrogen and oxygen atoms in total. The molecular weight excluding hydrogens is 385 g/mol. The Morgan fingerprint density at radius 3 is 2.56 bits per heavy atom. The Bertz CT molecular complexity index is 952. The number of rotatable bonds is 6. The molecule has 0 aliphatic carbocycles. The largest absolute Gasteiger partial charge is 0.487 e. The number of halogens is 2. The maximum atomic E-state index is 12.3. The molecule has 3 rings (SSSR count). The number of benzene rings is 2. The maximum absolute atomic E-state index is 12.3. The summed E-state index contributed by atoms with van der Waals surface area (Å²) in [6, 6.07) is 12.3. The van der Waals surface area contributed by atoms with E-state index in [-0.39, 0.29) is 5.91 Å². The molecule has 0 atom stereocenters. The summed E-state index contributed by atoms with van der Waals surface area (Å²) >= 11 is 12.0. The third-order valence-electron chi connectivity index (χ3n) is 4.28. The van der Waals surface area contributed by atoms with Crippen LogP contribution in [0.3, 0.4) is 0 Å². The van der Waals surface area contributed by atoms with E-state index in [2.05, 4.69) is 10.4 Å². The molecule has 1 N–H and O–H groups in total. The second-order valence-electron chi connectivity index (χ2n) is 6.12. The first kappa shape index (κ1) is 19.3. The first-order chi connectivity index (χ1) is 12.9. The highest BCUT2D eigenvalue weighted by atomic mass is 35.5. The summed E-state index contributed by atoms with van der Waals surface area (Å²) in [6.07, 6.45) is 1.76. The molecule has 140 valence electrons. The van der Waals surface area contributed by atoms with Crippen LogP contribution in [-0.2, 0) is 20.2 Å². The van der Waals surface area contributed by atoms with Gasteiger partial charge < -0.3 is 10.1 Å². The normalized spacial score (nSPS) is 10.7. The highest BCUT2D eigenvalue weighted by molar-refractivity contribution is 6.35. The number of aromatic nitrogens is 2. The number of nitrogens with one attached hydrogen (secondary N) is 1. The smallest absolute Gasteiger partial charge is 0.251 e. The fraction of sp³-hybridized carbons (Fsp3) is 0.200. The molecule has 3 aromatic rings. The van der Waals surface area contributed by atoms with Gasteiger partial charge in [0.25, 0.3) is 5.91 Å². The van der Waals surface area contributed by atoms with Crippen molar-refractivity contribution in [2.24, 2.45) is 7.05 Å². The van der Waals surface area contributed by atoms with Crippen LogP contribution in [0.25, 0.3) is 0 Å². The molecule has 0 saturated heterocycles. The molecule has 2 aromatic carbocycles. The minimum Gasteiger partial charge on any atom is -0.487 e. The number of carbonyl (C=O) groups is 1. The van der Waals surface area contributed by atoms with Gasteiger partial charge >= 0.3 is 0 Å². The fourth-order valence-electron chi connectivity index (χ4n) is 2.50.